The third kappa shape index (κ3) is 2.69. The van der Waals surface area contributed by atoms with Gasteiger partial charge in [0, 0.05) is 32.2 Å². The number of nitro groups is 1. The lowest BCUT2D eigenvalue weighted by molar-refractivity contribution is -0.385. The lowest BCUT2D eigenvalue weighted by Gasteiger charge is -2.35. The first-order valence-corrected chi connectivity index (χ1v) is 6.34. The molecule has 108 valence electrons. The summed E-state index contributed by atoms with van der Waals surface area (Å²) in [7, 11) is 1.59. The molecule has 0 aliphatic carbocycles. The fraction of sp³-hybridized carbons (Fsp3) is 0.500. The van der Waals surface area contributed by atoms with E-state index >= 15 is 0 Å². The molecule has 1 aromatic rings. The molecule has 0 aromatic carbocycles. The van der Waals surface area contributed by atoms with Gasteiger partial charge in [-0.3, -0.25) is 14.9 Å². The van der Waals surface area contributed by atoms with Crippen LogP contribution in [0.3, 0.4) is 0 Å². The second-order valence-electron chi connectivity index (χ2n) is 4.61. The largest absolute Gasteiger partial charge is 0.357 e. The van der Waals surface area contributed by atoms with E-state index in [9.17, 15) is 14.9 Å². The molecule has 0 radical (unpaired) electrons. The van der Waals surface area contributed by atoms with Crippen molar-refractivity contribution < 1.29 is 9.72 Å². The van der Waals surface area contributed by atoms with Crippen molar-refractivity contribution in [3.63, 3.8) is 0 Å². The Kier molecular flexibility index (Phi) is 4.14. The number of piperazine rings is 1. The van der Waals surface area contributed by atoms with Gasteiger partial charge in [0.2, 0.25) is 5.91 Å². The minimum Gasteiger partial charge on any atom is -0.357 e. The Morgan fingerprint density at radius 3 is 3.00 bits per heavy atom. The van der Waals surface area contributed by atoms with Crippen molar-refractivity contribution in [1.82, 2.24) is 15.6 Å². The van der Waals surface area contributed by atoms with Gasteiger partial charge in [0.1, 0.15) is 18.1 Å². The number of likely N-dealkylation sites (N-methyl/N-ethyl adjacent to an activating group) is 1. The fourth-order valence-electron chi connectivity index (χ4n) is 2.26. The molecule has 2 N–H and O–H groups in total. The van der Waals surface area contributed by atoms with Crippen LogP contribution >= 0.6 is 0 Å². The Hall–Kier alpha value is -2.22. The van der Waals surface area contributed by atoms with Crippen LogP contribution in [0.15, 0.2) is 12.3 Å². The van der Waals surface area contributed by atoms with Crippen LogP contribution in [0, 0.1) is 17.0 Å². The predicted molar refractivity (Wildman–Crippen MR) is 73.7 cm³/mol. The molecule has 1 aromatic heterocycles. The molecule has 2 heterocycles. The average Bonchev–Trinajstić information content (AvgIpc) is 2.46. The highest BCUT2D eigenvalue weighted by atomic mass is 16.6. The third-order valence-electron chi connectivity index (χ3n) is 3.35. The smallest absolute Gasteiger partial charge is 0.290 e. The number of aromatic nitrogens is 1. The summed E-state index contributed by atoms with van der Waals surface area (Å²) < 4.78 is 0. The zero-order chi connectivity index (χ0) is 14.7. The van der Waals surface area contributed by atoms with Crippen LogP contribution in [-0.4, -0.2) is 48.5 Å². The van der Waals surface area contributed by atoms with Gasteiger partial charge >= 0.3 is 0 Å². The number of hydrogen-bond acceptors (Lipinski definition) is 6. The Bertz CT molecular complexity index is 534. The first-order valence-electron chi connectivity index (χ1n) is 6.34. The van der Waals surface area contributed by atoms with Gasteiger partial charge in [-0.2, -0.15) is 0 Å². The van der Waals surface area contributed by atoms with E-state index in [4.69, 9.17) is 0 Å². The number of nitrogens with zero attached hydrogens (tertiary/aromatic N) is 3. The Labute approximate surface area is 116 Å². The van der Waals surface area contributed by atoms with E-state index in [-0.39, 0.29) is 17.6 Å². The van der Waals surface area contributed by atoms with E-state index in [1.807, 2.05) is 4.90 Å². The molecular formula is C12H17N5O3. The Morgan fingerprint density at radius 2 is 2.40 bits per heavy atom. The zero-order valence-corrected chi connectivity index (χ0v) is 11.4. The van der Waals surface area contributed by atoms with E-state index in [1.165, 1.54) is 6.20 Å². The van der Waals surface area contributed by atoms with Gasteiger partial charge in [0.25, 0.3) is 5.69 Å². The summed E-state index contributed by atoms with van der Waals surface area (Å²) in [5.41, 5.74) is 0.523. The number of rotatable bonds is 3. The molecule has 0 saturated carbocycles. The molecule has 20 heavy (non-hydrogen) atoms. The molecule has 1 aliphatic rings. The van der Waals surface area contributed by atoms with Gasteiger partial charge in [-0.25, -0.2) is 4.98 Å². The monoisotopic (exact) mass is 279 g/mol. The van der Waals surface area contributed by atoms with Gasteiger partial charge in [-0.1, -0.05) is 0 Å². The molecule has 1 unspecified atom stereocenters. The summed E-state index contributed by atoms with van der Waals surface area (Å²) in [6.07, 6.45) is 1.24. The number of carbonyl (C=O) groups is 1. The number of aryl methyl sites for hydroxylation is 1. The summed E-state index contributed by atoms with van der Waals surface area (Å²) in [5, 5.41) is 16.6. The van der Waals surface area contributed by atoms with Crippen molar-refractivity contribution in [2.24, 2.45) is 0 Å². The van der Waals surface area contributed by atoms with Crippen molar-refractivity contribution in [2.45, 2.75) is 13.0 Å². The van der Waals surface area contributed by atoms with Gasteiger partial charge in [-0.15, -0.1) is 0 Å². The Morgan fingerprint density at radius 1 is 1.65 bits per heavy atom. The van der Waals surface area contributed by atoms with Gasteiger partial charge in [0.15, 0.2) is 0 Å². The topological polar surface area (TPSA) is 100 Å². The van der Waals surface area contributed by atoms with Crippen LogP contribution < -0.4 is 15.5 Å². The summed E-state index contributed by atoms with van der Waals surface area (Å²) in [6.45, 7) is 3.56. The summed E-state index contributed by atoms with van der Waals surface area (Å²) in [5.74, 6) is 0.484. The molecule has 2 rings (SSSR count). The molecule has 1 amide bonds. The van der Waals surface area contributed by atoms with Crippen LogP contribution in [0.2, 0.25) is 0 Å². The zero-order valence-electron chi connectivity index (χ0n) is 11.4. The number of amides is 1. The molecule has 0 spiro atoms. The minimum atomic E-state index is -0.458. The third-order valence-corrected chi connectivity index (χ3v) is 3.35. The van der Waals surface area contributed by atoms with Gasteiger partial charge in [-0.05, 0) is 13.0 Å². The number of anilines is 1. The van der Waals surface area contributed by atoms with E-state index in [0.717, 1.165) is 6.54 Å². The maximum Gasteiger partial charge on any atom is 0.290 e. The summed E-state index contributed by atoms with van der Waals surface area (Å²) >= 11 is 0. The minimum absolute atomic E-state index is 0.0135. The summed E-state index contributed by atoms with van der Waals surface area (Å²) in [4.78, 5) is 28.2. The van der Waals surface area contributed by atoms with Crippen LogP contribution in [0.25, 0.3) is 0 Å². The van der Waals surface area contributed by atoms with Crippen LogP contribution in [0.4, 0.5) is 11.5 Å². The van der Waals surface area contributed by atoms with E-state index in [1.54, 1.807) is 20.0 Å². The molecule has 0 bridgehead atoms. The van der Waals surface area contributed by atoms with Crippen molar-refractivity contribution >= 4 is 17.4 Å². The number of nitrogens with one attached hydrogen (secondary N) is 2. The molecule has 1 atom stereocenters. The van der Waals surface area contributed by atoms with Crippen LogP contribution in [0.5, 0.6) is 0 Å². The highest BCUT2D eigenvalue weighted by molar-refractivity contribution is 5.85. The first kappa shape index (κ1) is 14.2. The summed E-state index contributed by atoms with van der Waals surface area (Å²) in [6, 6.07) is 1.29. The highest BCUT2D eigenvalue weighted by Gasteiger charge is 2.29. The lowest BCUT2D eigenvalue weighted by atomic mass is 10.1. The van der Waals surface area contributed by atoms with Gasteiger partial charge < -0.3 is 15.5 Å². The van der Waals surface area contributed by atoms with E-state index in [0.29, 0.717) is 24.5 Å². The normalized spacial score (nSPS) is 18.7. The quantitative estimate of drug-likeness (QED) is 0.588. The standard InChI is InChI=1S/C12H17N5O3/c1-8-5-11(15-7-9(8)17(19)20)16-4-3-14-6-10(16)12(18)13-2/h5,7,10,14H,3-4,6H2,1-2H3,(H,13,18). The average molecular weight is 279 g/mol. The van der Waals surface area contributed by atoms with Gasteiger partial charge in [0.05, 0.1) is 4.92 Å². The number of hydrogen-bond donors (Lipinski definition) is 2. The van der Waals surface area contributed by atoms with E-state index < -0.39 is 4.92 Å². The molecule has 1 fully saturated rings. The SMILES string of the molecule is CNC(=O)C1CNCCN1c1cc(C)c([N+](=O)[O-])cn1. The van der Waals surface area contributed by atoms with E-state index in [2.05, 4.69) is 15.6 Å². The Balaban J connectivity index is 2.31. The second-order valence-corrected chi connectivity index (χ2v) is 4.61. The van der Waals surface area contributed by atoms with Crippen LogP contribution in [-0.2, 0) is 4.79 Å². The molecular weight excluding hydrogens is 262 g/mol. The van der Waals surface area contributed by atoms with Crippen LogP contribution in [0.1, 0.15) is 5.56 Å². The number of pyridine rings is 1. The highest BCUT2D eigenvalue weighted by Crippen LogP contribution is 2.23. The molecule has 8 heteroatoms. The first-order chi connectivity index (χ1) is 9.54. The van der Waals surface area contributed by atoms with Crippen molar-refractivity contribution in [2.75, 3.05) is 31.6 Å². The lowest BCUT2D eigenvalue weighted by Crippen LogP contribution is -2.57. The maximum absolute atomic E-state index is 11.9. The number of carbonyl (C=O) groups excluding carboxylic acids is 1. The molecule has 1 saturated heterocycles. The van der Waals surface area contributed by atoms with Crippen molar-refractivity contribution in [3.8, 4) is 0 Å². The molecule has 1 aliphatic heterocycles. The fourth-order valence-corrected chi connectivity index (χ4v) is 2.26. The predicted octanol–water partition coefficient (Wildman–Crippen LogP) is -0.178. The maximum atomic E-state index is 11.9. The van der Waals surface area contributed by atoms with Crippen molar-refractivity contribution in [1.29, 1.82) is 0 Å². The second kappa shape index (κ2) is 5.83. The van der Waals surface area contributed by atoms with Crippen molar-refractivity contribution in [3.05, 3.63) is 27.9 Å². The molecule has 8 nitrogen and oxygen atoms in total.